The van der Waals surface area contributed by atoms with Crippen LogP contribution in [0.5, 0.6) is 23.0 Å². The third-order valence-corrected chi connectivity index (χ3v) is 10.0. The SMILES string of the molecule is O=[N+]([O-])c1cc(OCC(O)CN(Cc2ccccc2)CC(c2ccc(OCc3ccccc3)cc2)c2ccc(OCc3ccccc3)cc2)ccc1OCc1ccccc1. The summed E-state index contributed by atoms with van der Waals surface area (Å²) < 4.78 is 24.0. The molecule has 9 heteroatoms. The topological polar surface area (TPSA) is 104 Å². The highest BCUT2D eigenvalue weighted by atomic mass is 16.6. The van der Waals surface area contributed by atoms with Crippen molar-refractivity contribution in [2.24, 2.45) is 0 Å². The van der Waals surface area contributed by atoms with E-state index in [1.54, 1.807) is 6.07 Å². The zero-order valence-corrected chi connectivity index (χ0v) is 33.3. The van der Waals surface area contributed by atoms with Gasteiger partial charge in [0.05, 0.1) is 11.0 Å². The molecule has 0 aliphatic carbocycles. The van der Waals surface area contributed by atoms with Crippen molar-refractivity contribution in [2.45, 2.75) is 38.4 Å². The van der Waals surface area contributed by atoms with Crippen LogP contribution in [0.15, 0.2) is 188 Å². The fourth-order valence-electron chi connectivity index (χ4n) is 6.91. The molecule has 7 rings (SSSR count). The Morgan fingerprint density at radius 1 is 0.500 bits per heavy atom. The first-order valence-corrected chi connectivity index (χ1v) is 20.0. The van der Waals surface area contributed by atoms with Crippen molar-refractivity contribution in [1.29, 1.82) is 0 Å². The molecule has 0 amide bonds. The Balaban J connectivity index is 1.08. The van der Waals surface area contributed by atoms with Crippen molar-refractivity contribution < 1.29 is 29.0 Å². The lowest BCUT2D eigenvalue weighted by molar-refractivity contribution is -0.386. The van der Waals surface area contributed by atoms with E-state index in [9.17, 15) is 15.2 Å². The van der Waals surface area contributed by atoms with E-state index in [0.717, 1.165) is 44.9 Å². The maximum atomic E-state index is 12.0. The van der Waals surface area contributed by atoms with Gasteiger partial charge in [-0.05, 0) is 69.8 Å². The van der Waals surface area contributed by atoms with Gasteiger partial charge in [-0.15, -0.1) is 0 Å². The predicted molar refractivity (Wildman–Crippen MR) is 233 cm³/mol. The van der Waals surface area contributed by atoms with Crippen LogP contribution < -0.4 is 18.9 Å². The van der Waals surface area contributed by atoms with Crippen molar-refractivity contribution in [3.8, 4) is 23.0 Å². The second-order valence-corrected chi connectivity index (χ2v) is 14.5. The van der Waals surface area contributed by atoms with Crippen LogP contribution in [0.25, 0.3) is 0 Å². The molecular formula is C51H48N2O7. The van der Waals surface area contributed by atoms with Gasteiger partial charge >= 0.3 is 5.69 Å². The molecule has 0 heterocycles. The number of aliphatic hydroxyl groups excluding tert-OH is 1. The second-order valence-electron chi connectivity index (χ2n) is 14.5. The standard InChI is InChI=1S/C51H48N2O7/c54-45(38-59-48-29-30-51(50(31-48)53(55)56)60-37-42-19-11-4-12-20-42)33-52(32-39-13-5-1-6-14-39)34-49(43-21-25-46(26-22-43)57-35-40-15-7-2-8-16-40)44-23-27-47(28-24-44)58-36-41-17-9-3-10-18-41/h1-31,45,49,54H,32-38H2. The Morgan fingerprint density at radius 2 is 0.933 bits per heavy atom. The van der Waals surface area contributed by atoms with Gasteiger partial charge in [0.25, 0.3) is 0 Å². The summed E-state index contributed by atoms with van der Waals surface area (Å²) in [4.78, 5) is 13.7. The summed E-state index contributed by atoms with van der Waals surface area (Å²) >= 11 is 0. The zero-order chi connectivity index (χ0) is 41.4. The quantitative estimate of drug-likeness (QED) is 0.0566. The van der Waals surface area contributed by atoms with E-state index in [4.69, 9.17) is 18.9 Å². The molecule has 7 aromatic carbocycles. The molecule has 0 bridgehead atoms. The number of rotatable bonds is 21. The van der Waals surface area contributed by atoms with Crippen LogP contribution >= 0.6 is 0 Å². The molecule has 60 heavy (non-hydrogen) atoms. The number of benzene rings is 7. The monoisotopic (exact) mass is 800 g/mol. The molecule has 0 radical (unpaired) electrons. The van der Waals surface area contributed by atoms with Gasteiger partial charge in [-0.25, -0.2) is 0 Å². The summed E-state index contributed by atoms with van der Waals surface area (Å²) in [5, 5.41) is 23.5. The average Bonchev–Trinajstić information content (AvgIpc) is 3.30. The molecule has 304 valence electrons. The summed E-state index contributed by atoms with van der Waals surface area (Å²) in [5.74, 6) is 1.87. The zero-order valence-electron chi connectivity index (χ0n) is 33.3. The Labute approximate surface area is 351 Å². The molecule has 0 aliphatic rings. The van der Waals surface area contributed by atoms with Gasteiger partial charge in [0.15, 0.2) is 5.75 Å². The molecule has 1 atom stereocenters. The first kappa shape index (κ1) is 41.2. The van der Waals surface area contributed by atoms with E-state index in [-0.39, 0.29) is 42.9 Å². The van der Waals surface area contributed by atoms with E-state index in [0.29, 0.717) is 26.3 Å². The minimum Gasteiger partial charge on any atom is -0.491 e. The van der Waals surface area contributed by atoms with Crippen molar-refractivity contribution in [2.75, 3.05) is 19.7 Å². The van der Waals surface area contributed by atoms with Crippen LogP contribution in [0.1, 0.15) is 39.3 Å². The molecule has 7 aromatic rings. The normalized spacial score (nSPS) is 11.6. The molecule has 0 saturated heterocycles. The Hall–Kier alpha value is -6.94. The van der Waals surface area contributed by atoms with Crippen LogP contribution in [0.4, 0.5) is 5.69 Å². The van der Waals surface area contributed by atoms with Gasteiger partial charge in [0, 0.05) is 25.6 Å². The lowest BCUT2D eigenvalue weighted by Gasteiger charge is -2.30. The van der Waals surface area contributed by atoms with Crippen molar-refractivity contribution in [3.63, 3.8) is 0 Å². The van der Waals surface area contributed by atoms with Gasteiger partial charge < -0.3 is 24.1 Å². The summed E-state index contributed by atoms with van der Waals surface area (Å²) in [6, 6.07) is 60.7. The Kier molecular flexibility index (Phi) is 14.6. The largest absolute Gasteiger partial charge is 0.491 e. The third kappa shape index (κ3) is 12.3. The van der Waals surface area contributed by atoms with E-state index in [1.165, 1.54) is 12.1 Å². The van der Waals surface area contributed by atoms with Gasteiger partial charge in [0.1, 0.15) is 49.8 Å². The summed E-state index contributed by atoms with van der Waals surface area (Å²) in [6.07, 6.45) is -0.912. The van der Waals surface area contributed by atoms with Gasteiger partial charge in [-0.3, -0.25) is 15.0 Å². The minimum absolute atomic E-state index is 0.0712. The van der Waals surface area contributed by atoms with E-state index >= 15 is 0 Å². The Bertz CT molecular complexity index is 2260. The fraction of sp³-hybridized carbons (Fsp3) is 0.176. The van der Waals surface area contributed by atoms with Crippen molar-refractivity contribution in [3.05, 3.63) is 232 Å². The maximum absolute atomic E-state index is 12.0. The van der Waals surface area contributed by atoms with Crippen LogP contribution in [-0.4, -0.2) is 40.7 Å². The van der Waals surface area contributed by atoms with E-state index < -0.39 is 11.0 Å². The van der Waals surface area contributed by atoms with E-state index in [1.807, 2.05) is 133 Å². The Morgan fingerprint density at radius 3 is 1.40 bits per heavy atom. The molecule has 0 fully saturated rings. The van der Waals surface area contributed by atoms with Gasteiger partial charge in [-0.1, -0.05) is 146 Å². The second kappa shape index (κ2) is 21.2. The lowest BCUT2D eigenvalue weighted by atomic mass is 9.90. The number of nitrogens with zero attached hydrogens (tertiary/aromatic N) is 2. The maximum Gasteiger partial charge on any atom is 0.314 e. The van der Waals surface area contributed by atoms with Crippen LogP contribution in [0.3, 0.4) is 0 Å². The number of aliphatic hydroxyl groups is 1. The number of nitro benzene ring substituents is 1. The number of hydrogen-bond donors (Lipinski definition) is 1. The first-order valence-electron chi connectivity index (χ1n) is 20.0. The van der Waals surface area contributed by atoms with E-state index in [2.05, 4.69) is 41.3 Å². The van der Waals surface area contributed by atoms with Crippen LogP contribution in [0, 0.1) is 10.1 Å². The number of hydrogen-bond acceptors (Lipinski definition) is 8. The number of ether oxygens (including phenoxy) is 4. The molecular weight excluding hydrogens is 753 g/mol. The minimum atomic E-state index is -0.912. The summed E-state index contributed by atoms with van der Waals surface area (Å²) in [5.41, 5.74) is 6.15. The molecule has 0 saturated carbocycles. The van der Waals surface area contributed by atoms with Gasteiger partial charge in [-0.2, -0.15) is 0 Å². The molecule has 9 nitrogen and oxygen atoms in total. The summed E-state index contributed by atoms with van der Waals surface area (Å²) in [6.45, 7) is 2.48. The predicted octanol–water partition coefficient (Wildman–Crippen LogP) is 10.4. The lowest BCUT2D eigenvalue weighted by Crippen LogP contribution is -2.38. The smallest absolute Gasteiger partial charge is 0.314 e. The average molecular weight is 801 g/mol. The van der Waals surface area contributed by atoms with Crippen LogP contribution in [-0.2, 0) is 26.4 Å². The number of nitro groups is 1. The van der Waals surface area contributed by atoms with Gasteiger partial charge in [0.2, 0.25) is 0 Å². The molecule has 0 aliphatic heterocycles. The molecule has 0 spiro atoms. The highest BCUT2D eigenvalue weighted by molar-refractivity contribution is 5.51. The molecule has 1 N–H and O–H groups in total. The van der Waals surface area contributed by atoms with Crippen molar-refractivity contribution >= 4 is 5.69 Å². The highest BCUT2D eigenvalue weighted by Gasteiger charge is 2.23. The highest BCUT2D eigenvalue weighted by Crippen LogP contribution is 2.33. The molecule has 0 aromatic heterocycles. The fourth-order valence-corrected chi connectivity index (χ4v) is 6.91. The van der Waals surface area contributed by atoms with Crippen molar-refractivity contribution in [1.82, 2.24) is 4.90 Å². The van der Waals surface area contributed by atoms with Crippen LogP contribution in [0.2, 0.25) is 0 Å². The first-order chi connectivity index (χ1) is 29.4. The molecule has 1 unspecified atom stereocenters. The third-order valence-electron chi connectivity index (χ3n) is 10.0. The summed E-state index contributed by atoms with van der Waals surface area (Å²) in [7, 11) is 0.